The predicted molar refractivity (Wildman–Crippen MR) is 75.8 cm³/mol. The molecule has 0 fully saturated rings. The maximum absolute atomic E-state index is 11.7. The Labute approximate surface area is 110 Å². The number of anilines is 1. The summed E-state index contributed by atoms with van der Waals surface area (Å²) in [5.41, 5.74) is 7.75. The van der Waals surface area contributed by atoms with Crippen LogP contribution in [-0.4, -0.2) is 16.9 Å². The molecule has 0 radical (unpaired) electrons. The number of fused-ring (bicyclic) bond motifs is 1. The second kappa shape index (κ2) is 5.29. The van der Waals surface area contributed by atoms with E-state index < -0.39 is 6.04 Å². The molecule has 4 nitrogen and oxygen atoms in total. The smallest absolute Gasteiger partial charge is 0.243 e. The zero-order valence-electron chi connectivity index (χ0n) is 10.1. The molecule has 1 heterocycles. The molecular weight excluding hydrogens is 246 g/mol. The molecule has 94 valence electrons. The molecule has 1 aromatic heterocycles. The quantitative estimate of drug-likeness (QED) is 0.831. The molecule has 3 N–H and O–H groups in total. The summed E-state index contributed by atoms with van der Waals surface area (Å²) in [7, 11) is 0. The van der Waals surface area contributed by atoms with Gasteiger partial charge in [-0.05, 0) is 31.0 Å². The van der Waals surface area contributed by atoms with Crippen molar-refractivity contribution in [1.29, 1.82) is 0 Å². The van der Waals surface area contributed by atoms with Crippen LogP contribution in [0.15, 0.2) is 30.9 Å². The molecule has 1 aromatic carbocycles. The molecule has 1 unspecified atom stereocenters. The highest BCUT2D eigenvalue weighted by Gasteiger charge is 2.13. The summed E-state index contributed by atoms with van der Waals surface area (Å²) in [6.45, 7) is 5.59. The zero-order chi connectivity index (χ0) is 13.1. The van der Waals surface area contributed by atoms with Gasteiger partial charge in [-0.15, -0.1) is 6.58 Å². The fraction of sp³-hybridized carbons (Fsp3) is 0.231. The molecule has 2 aromatic rings. The first-order chi connectivity index (χ1) is 8.60. The van der Waals surface area contributed by atoms with E-state index in [1.54, 1.807) is 6.08 Å². The number of aromatic nitrogens is 1. The average molecular weight is 261 g/mol. The molecule has 18 heavy (non-hydrogen) atoms. The lowest BCUT2D eigenvalue weighted by Crippen LogP contribution is -2.34. The fourth-order valence-corrected chi connectivity index (χ4v) is 2.54. The van der Waals surface area contributed by atoms with Crippen LogP contribution in [0.25, 0.3) is 10.2 Å². The van der Waals surface area contributed by atoms with Gasteiger partial charge >= 0.3 is 0 Å². The molecule has 0 spiro atoms. The van der Waals surface area contributed by atoms with Crippen molar-refractivity contribution in [2.24, 2.45) is 5.73 Å². The number of rotatable bonds is 4. The van der Waals surface area contributed by atoms with Crippen LogP contribution >= 0.6 is 11.3 Å². The van der Waals surface area contributed by atoms with Gasteiger partial charge in [-0.1, -0.05) is 23.5 Å². The van der Waals surface area contributed by atoms with Gasteiger partial charge in [0.05, 0.1) is 16.3 Å². The predicted octanol–water partition coefficient (Wildman–Crippen LogP) is 2.45. The number of hydrogen-bond donors (Lipinski definition) is 2. The minimum absolute atomic E-state index is 0.231. The van der Waals surface area contributed by atoms with Gasteiger partial charge in [0.15, 0.2) is 5.13 Å². The van der Waals surface area contributed by atoms with Crippen LogP contribution < -0.4 is 11.1 Å². The maximum Gasteiger partial charge on any atom is 0.243 e. The molecule has 0 aliphatic rings. The van der Waals surface area contributed by atoms with Crippen molar-refractivity contribution in [1.82, 2.24) is 4.98 Å². The number of benzene rings is 1. The molecule has 0 bridgehead atoms. The van der Waals surface area contributed by atoms with Crippen LogP contribution in [0.3, 0.4) is 0 Å². The standard InChI is InChI=1S/C13H15N3OS/c1-3-4-9(14)12(17)16-13-15-10-6-5-8(2)7-11(10)18-13/h3,5-7,9H,1,4,14H2,2H3,(H,15,16,17). The summed E-state index contributed by atoms with van der Waals surface area (Å²) in [6, 6.07) is 5.42. The minimum atomic E-state index is -0.573. The van der Waals surface area contributed by atoms with Crippen LogP contribution in [0.2, 0.25) is 0 Å². The van der Waals surface area contributed by atoms with Gasteiger partial charge < -0.3 is 11.1 Å². The topological polar surface area (TPSA) is 68.0 Å². The number of nitrogens with zero attached hydrogens (tertiary/aromatic N) is 1. The molecule has 0 aliphatic heterocycles. The van der Waals surface area contributed by atoms with E-state index in [4.69, 9.17) is 5.73 Å². The number of carbonyl (C=O) groups is 1. The Kier molecular flexibility index (Phi) is 3.74. The van der Waals surface area contributed by atoms with E-state index in [1.807, 2.05) is 25.1 Å². The summed E-state index contributed by atoms with van der Waals surface area (Å²) in [5, 5.41) is 3.31. The van der Waals surface area contributed by atoms with E-state index in [0.29, 0.717) is 11.6 Å². The first kappa shape index (κ1) is 12.7. The van der Waals surface area contributed by atoms with Gasteiger partial charge in [-0.3, -0.25) is 4.79 Å². The van der Waals surface area contributed by atoms with Crippen molar-refractivity contribution < 1.29 is 4.79 Å². The van der Waals surface area contributed by atoms with Crippen LogP contribution in [0.1, 0.15) is 12.0 Å². The highest BCUT2D eigenvalue weighted by Crippen LogP contribution is 2.26. The molecule has 2 rings (SSSR count). The summed E-state index contributed by atoms with van der Waals surface area (Å²) < 4.78 is 1.06. The lowest BCUT2D eigenvalue weighted by atomic mass is 10.2. The molecular formula is C13H15N3OS. The van der Waals surface area contributed by atoms with E-state index in [-0.39, 0.29) is 5.91 Å². The summed E-state index contributed by atoms with van der Waals surface area (Å²) in [5.74, 6) is -0.231. The Morgan fingerprint density at radius 3 is 3.17 bits per heavy atom. The third-order valence-electron chi connectivity index (χ3n) is 2.53. The Hall–Kier alpha value is -1.72. The second-order valence-corrected chi connectivity index (χ2v) is 5.14. The van der Waals surface area contributed by atoms with E-state index in [9.17, 15) is 4.79 Å². The van der Waals surface area contributed by atoms with E-state index in [0.717, 1.165) is 10.2 Å². The van der Waals surface area contributed by atoms with Crippen molar-refractivity contribution in [3.05, 3.63) is 36.4 Å². The molecule has 5 heteroatoms. The Balaban J connectivity index is 2.17. The Bertz CT molecular complexity index is 591. The Morgan fingerprint density at radius 2 is 2.44 bits per heavy atom. The number of nitrogens with two attached hydrogens (primary N) is 1. The number of aryl methyl sites for hydroxylation is 1. The van der Waals surface area contributed by atoms with Crippen LogP contribution in [0.4, 0.5) is 5.13 Å². The second-order valence-electron chi connectivity index (χ2n) is 4.11. The van der Waals surface area contributed by atoms with Gasteiger partial charge in [0.2, 0.25) is 5.91 Å². The van der Waals surface area contributed by atoms with Gasteiger partial charge in [-0.2, -0.15) is 0 Å². The van der Waals surface area contributed by atoms with Crippen LogP contribution in [-0.2, 0) is 4.79 Å². The third-order valence-corrected chi connectivity index (χ3v) is 3.47. The average Bonchev–Trinajstić information content (AvgIpc) is 2.70. The zero-order valence-corrected chi connectivity index (χ0v) is 11.0. The van der Waals surface area contributed by atoms with E-state index in [1.165, 1.54) is 16.9 Å². The third kappa shape index (κ3) is 2.75. The monoisotopic (exact) mass is 261 g/mol. The van der Waals surface area contributed by atoms with E-state index >= 15 is 0 Å². The lowest BCUT2D eigenvalue weighted by molar-refractivity contribution is -0.117. The first-order valence-electron chi connectivity index (χ1n) is 5.64. The molecule has 1 atom stereocenters. The first-order valence-corrected chi connectivity index (χ1v) is 6.46. The Morgan fingerprint density at radius 1 is 1.67 bits per heavy atom. The number of hydrogen-bond acceptors (Lipinski definition) is 4. The summed E-state index contributed by atoms with van der Waals surface area (Å²) in [6.07, 6.45) is 2.09. The van der Waals surface area contributed by atoms with Gasteiger partial charge in [-0.25, -0.2) is 4.98 Å². The van der Waals surface area contributed by atoms with Crippen molar-refractivity contribution in [3.8, 4) is 0 Å². The summed E-state index contributed by atoms with van der Waals surface area (Å²) in [4.78, 5) is 16.1. The van der Waals surface area contributed by atoms with Crippen LogP contribution in [0.5, 0.6) is 0 Å². The lowest BCUT2D eigenvalue weighted by Gasteiger charge is -2.07. The van der Waals surface area contributed by atoms with Crippen molar-refractivity contribution in [2.75, 3.05) is 5.32 Å². The highest BCUT2D eigenvalue weighted by molar-refractivity contribution is 7.22. The van der Waals surface area contributed by atoms with Gasteiger partial charge in [0, 0.05) is 0 Å². The highest BCUT2D eigenvalue weighted by atomic mass is 32.1. The molecule has 1 amide bonds. The summed E-state index contributed by atoms with van der Waals surface area (Å²) >= 11 is 1.45. The SMILES string of the molecule is C=CCC(N)C(=O)Nc1nc2ccc(C)cc2s1. The van der Waals surface area contributed by atoms with Crippen molar-refractivity contribution in [3.63, 3.8) is 0 Å². The van der Waals surface area contributed by atoms with Crippen molar-refractivity contribution >= 4 is 32.6 Å². The molecule has 0 saturated carbocycles. The number of amides is 1. The van der Waals surface area contributed by atoms with E-state index in [2.05, 4.69) is 16.9 Å². The largest absolute Gasteiger partial charge is 0.320 e. The number of nitrogens with one attached hydrogen (secondary N) is 1. The molecule has 0 aliphatic carbocycles. The molecule has 0 saturated heterocycles. The maximum atomic E-state index is 11.7. The normalized spacial score (nSPS) is 12.3. The van der Waals surface area contributed by atoms with Gasteiger partial charge in [0.25, 0.3) is 0 Å². The number of carbonyl (C=O) groups excluding carboxylic acids is 1. The van der Waals surface area contributed by atoms with Crippen molar-refractivity contribution in [2.45, 2.75) is 19.4 Å². The fourth-order valence-electron chi connectivity index (χ4n) is 1.57. The van der Waals surface area contributed by atoms with Crippen LogP contribution in [0, 0.1) is 6.92 Å². The van der Waals surface area contributed by atoms with Gasteiger partial charge in [0.1, 0.15) is 0 Å². The number of thiazole rings is 1. The minimum Gasteiger partial charge on any atom is -0.320 e.